The van der Waals surface area contributed by atoms with Gasteiger partial charge in [-0.05, 0) is 109 Å². The molecule has 398 valence electrons. The van der Waals surface area contributed by atoms with Gasteiger partial charge in [0.2, 0.25) is 27.7 Å². The average molecular weight is 1140 g/mol. The number of nitrogens with one attached hydrogen (secondary N) is 4. The molecule has 2 heterocycles. The summed E-state index contributed by atoms with van der Waals surface area (Å²) >= 11 is 25.6. The van der Waals surface area contributed by atoms with E-state index in [4.69, 9.17) is 46.4 Å². The molecule has 0 bridgehead atoms. The third kappa shape index (κ3) is 16.9. The van der Waals surface area contributed by atoms with Gasteiger partial charge in [-0.25, -0.2) is 21.6 Å². The SMILES string of the molecule is CN1Cc2c(Cl)cc(Cl)cc2C(c2ccc(S(=O)(=O)CCC(=O)NCC(=O)CCC(=O)NCCCCCC(=O)CNC(=O)CCC(=O)CNS(=O)(=O)c3ccc(C4CN(C)Cc5c(Cl)cc(Cl)cc54)cc3)cc2)C1. The quantitative estimate of drug-likeness (QED) is 0.0478. The molecule has 0 spiro atoms. The number of nitrogens with zero attached hydrogens (tertiary/aromatic N) is 2. The van der Waals surface area contributed by atoms with Crippen LogP contribution in [0.15, 0.2) is 82.6 Å². The Labute approximate surface area is 452 Å². The van der Waals surface area contributed by atoms with Crippen LogP contribution in [0.3, 0.4) is 0 Å². The number of ketones is 3. The van der Waals surface area contributed by atoms with Crippen molar-refractivity contribution in [3.05, 3.63) is 126 Å². The molecule has 0 radical (unpaired) electrons. The lowest BCUT2D eigenvalue weighted by Gasteiger charge is -2.33. The van der Waals surface area contributed by atoms with Gasteiger partial charge < -0.3 is 25.8 Å². The molecule has 4 aromatic carbocycles. The summed E-state index contributed by atoms with van der Waals surface area (Å²) < 4.78 is 54.4. The molecule has 0 saturated carbocycles. The van der Waals surface area contributed by atoms with E-state index in [1.54, 1.807) is 36.4 Å². The van der Waals surface area contributed by atoms with Gasteiger partial charge in [0.15, 0.2) is 21.4 Å². The number of carbonyl (C=O) groups is 6. The number of likely N-dealkylation sites (N-methyl/N-ethyl adjacent to an activating group) is 2. The molecule has 2 aliphatic rings. The molecule has 16 nitrogen and oxygen atoms in total. The Kier molecular flexibility index (Phi) is 21.2. The van der Waals surface area contributed by atoms with Crippen molar-refractivity contribution in [1.82, 2.24) is 30.5 Å². The van der Waals surface area contributed by atoms with Crippen LogP contribution in [-0.4, -0.2) is 121 Å². The van der Waals surface area contributed by atoms with E-state index < -0.39 is 55.5 Å². The van der Waals surface area contributed by atoms with Crippen molar-refractivity contribution < 1.29 is 45.6 Å². The number of hydrogen-bond donors (Lipinski definition) is 4. The third-order valence-electron chi connectivity index (χ3n) is 13.0. The highest BCUT2D eigenvalue weighted by atomic mass is 35.5. The molecule has 0 aromatic heterocycles. The number of hydrogen-bond acceptors (Lipinski definition) is 12. The van der Waals surface area contributed by atoms with Crippen LogP contribution >= 0.6 is 46.4 Å². The normalized spacial score (nSPS) is 15.9. The summed E-state index contributed by atoms with van der Waals surface area (Å²) in [5, 5.41) is 9.83. The molecule has 2 atom stereocenters. The minimum absolute atomic E-state index is 0.0193. The highest BCUT2D eigenvalue weighted by Crippen LogP contribution is 2.40. The molecule has 2 aliphatic heterocycles. The van der Waals surface area contributed by atoms with E-state index >= 15 is 0 Å². The minimum atomic E-state index is -4.03. The Morgan fingerprint density at radius 2 is 0.973 bits per heavy atom. The molecule has 3 amide bonds. The monoisotopic (exact) mass is 1130 g/mol. The summed E-state index contributed by atoms with van der Waals surface area (Å²) in [6, 6.07) is 20.1. The maximum Gasteiger partial charge on any atom is 0.240 e. The van der Waals surface area contributed by atoms with Gasteiger partial charge in [-0.3, -0.25) is 28.8 Å². The lowest BCUT2D eigenvalue weighted by atomic mass is 9.85. The van der Waals surface area contributed by atoms with Gasteiger partial charge >= 0.3 is 0 Å². The Morgan fingerprint density at radius 3 is 1.49 bits per heavy atom. The predicted octanol–water partition coefficient (Wildman–Crippen LogP) is 6.77. The molecule has 0 aliphatic carbocycles. The molecule has 6 rings (SSSR count). The first-order valence-corrected chi connectivity index (χ1v) is 28.8. The van der Waals surface area contributed by atoms with Gasteiger partial charge in [0.05, 0.1) is 35.2 Å². The number of fused-ring (bicyclic) bond motifs is 2. The molecule has 22 heteroatoms. The maximum absolute atomic E-state index is 13.1. The van der Waals surface area contributed by atoms with Crippen molar-refractivity contribution in [2.45, 2.75) is 92.5 Å². The second-order valence-corrected chi connectivity index (χ2v) is 24.3. The molecule has 0 fully saturated rings. The van der Waals surface area contributed by atoms with E-state index in [0.717, 1.165) is 33.4 Å². The fraction of sp³-hybridized carbons (Fsp3) is 0.423. The zero-order chi connectivity index (χ0) is 53.7. The van der Waals surface area contributed by atoms with Crippen LogP contribution < -0.4 is 20.7 Å². The fourth-order valence-corrected chi connectivity index (χ4v) is 12.3. The second-order valence-electron chi connectivity index (χ2n) is 18.8. The smallest absolute Gasteiger partial charge is 0.240 e. The minimum Gasteiger partial charge on any atom is -0.356 e. The Balaban J connectivity index is 0.774. The molecule has 74 heavy (non-hydrogen) atoms. The van der Waals surface area contributed by atoms with Crippen LogP contribution in [0.25, 0.3) is 0 Å². The molecule has 4 aromatic rings. The lowest BCUT2D eigenvalue weighted by Crippen LogP contribution is -2.32. The van der Waals surface area contributed by atoms with Gasteiger partial charge in [0.1, 0.15) is 5.78 Å². The average Bonchev–Trinajstić information content (AvgIpc) is 3.36. The first-order chi connectivity index (χ1) is 35.1. The van der Waals surface area contributed by atoms with Crippen molar-refractivity contribution >= 4 is 101 Å². The number of amides is 3. The van der Waals surface area contributed by atoms with Crippen LogP contribution in [0.2, 0.25) is 20.1 Å². The van der Waals surface area contributed by atoms with Crippen LogP contribution in [0, 0.1) is 0 Å². The Bertz CT molecular complexity index is 2760. The summed E-state index contributed by atoms with van der Waals surface area (Å²) in [6.07, 6.45) is 0.843. The van der Waals surface area contributed by atoms with E-state index in [0.29, 0.717) is 72.1 Å². The number of unbranched alkanes of at least 4 members (excludes halogenated alkanes) is 2. The second kappa shape index (κ2) is 26.8. The van der Waals surface area contributed by atoms with Crippen LogP contribution in [0.4, 0.5) is 0 Å². The van der Waals surface area contributed by atoms with Crippen LogP contribution in [0.5, 0.6) is 0 Å². The lowest BCUT2D eigenvalue weighted by molar-refractivity contribution is -0.127. The topological polar surface area (TPSA) is 225 Å². The van der Waals surface area contributed by atoms with Gasteiger partial charge in [0.25, 0.3) is 0 Å². The summed E-state index contributed by atoms with van der Waals surface area (Å²) in [6.45, 7) is 1.95. The first-order valence-electron chi connectivity index (χ1n) is 24.2. The van der Waals surface area contributed by atoms with Gasteiger partial charge in [-0.15, -0.1) is 0 Å². The zero-order valence-electron chi connectivity index (χ0n) is 41.1. The number of benzene rings is 4. The molecular formula is C52H60Cl4N6O10S2. The molecule has 0 saturated heterocycles. The van der Waals surface area contributed by atoms with Crippen LogP contribution in [0.1, 0.15) is 103 Å². The van der Waals surface area contributed by atoms with E-state index in [-0.39, 0.29) is 84.9 Å². The van der Waals surface area contributed by atoms with Crippen molar-refractivity contribution in [3.8, 4) is 0 Å². The summed E-state index contributed by atoms with van der Waals surface area (Å²) in [4.78, 5) is 78.6. The molecule has 4 N–H and O–H groups in total. The highest BCUT2D eigenvalue weighted by molar-refractivity contribution is 7.91. The Hall–Kier alpha value is -4.76. The standard InChI is InChI=1S/C52H60Cl4N6O10S2/c1-61-29-44(42-22-35(53)24-48(55)46(42)31-61)33-7-13-40(14-8-33)73(69,70)21-19-52(68)59-27-38(64)11-17-50(66)57-20-5-3-4-6-37(63)26-58-51(67)18-12-39(65)28-60-74(71,72)41-15-9-34(10-16-41)45-30-62(2)32-47-43(45)23-36(54)25-49(47)56/h7-10,13-16,22-25,44-45,60H,3-6,11-12,17-21,26-32H2,1-2H3,(H,57,66)(H,58,67)(H,59,68). The number of carbonyl (C=O) groups excluding carboxylic acids is 6. The summed E-state index contributed by atoms with van der Waals surface area (Å²) in [5.74, 6) is -3.20. The van der Waals surface area contributed by atoms with Crippen LogP contribution in [-0.2, 0) is 61.7 Å². The molecule has 2 unspecified atom stereocenters. The Morgan fingerprint density at radius 1 is 0.527 bits per heavy atom. The van der Waals surface area contributed by atoms with E-state index in [2.05, 4.69) is 30.5 Å². The number of rotatable bonds is 26. The van der Waals surface area contributed by atoms with Crippen molar-refractivity contribution in [2.75, 3.05) is 59.1 Å². The third-order valence-corrected chi connectivity index (χ3v) is 17.2. The first kappa shape index (κ1) is 58.5. The van der Waals surface area contributed by atoms with Gasteiger partial charge in [-0.2, -0.15) is 0 Å². The number of halogens is 4. The molecular weight excluding hydrogens is 1070 g/mol. The highest BCUT2D eigenvalue weighted by Gasteiger charge is 2.30. The van der Waals surface area contributed by atoms with Crippen molar-refractivity contribution in [1.29, 1.82) is 0 Å². The number of sulfonamides is 1. The van der Waals surface area contributed by atoms with E-state index in [1.165, 1.54) is 24.3 Å². The maximum atomic E-state index is 13.1. The summed E-state index contributed by atoms with van der Waals surface area (Å²) in [7, 11) is -3.88. The largest absolute Gasteiger partial charge is 0.356 e. The fourth-order valence-electron chi connectivity index (χ4n) is 8.93. The summed E-state index contributed by atoms with van der Waals surface area (Å²) in [5.41, 5.74) is 5.71. The van der Waals surface area contributed by atoms with Gasteiger partial charge in [0, 0.05) is 103 Å². The number of sulfone groups is 1. The predicted molar refractivity (Wildman–Crippen MR) is 285 cm³/mol. The van der Waals surface area contributed by atoms with Crippen molar-refractivity contribution in [2.24, 2.45) is 0 Å². The van der Waals surface area contributed by atoms with E-state index in [9.17, 15) is 45.6 Å². The van der Waals surface area contributed by atoms with Gasteiger partial charge in [-0.1, -0.05) is 77.1 Å². The van der Waals surface area contributed by atoms with E-state index in [1.807, 2.05) is 26.2 Å². The van der Waals surface area contributed by atoms with Crippen molar-refractivity contribution in [3.63, 3.8) is 0 Å². The number of Topliss-reactive ketones (excluding diaryl/α,β-unsaturated/α-hetero) is 3. The zero-order valence-corrected chi connectivity index (χ0v) is 45.8.